The van der Waals surface area contributed by atoms with Crippen molar-refractivity contribution in [2.24, 2.45) is 0 Å². The molecule has 0 saturated heterocycles. The third-order valence-corrected chi connectivity index (χ3v) is 11.0. The van der Waals surface area contributed by atoms with Crippen LogP contribution in [-0.4, -0.2) is 19.5 Å². The van der Waals surface area contributed by atoms with Crippen LogP contribution in [0.2, 0.25) is 0 Å². The Balaban J connectivity index is 1.10. The van der Waals surface area contributed by atoms with Gasteiger partial charge in [0.1, 0.15) is 5.58 Å². The van der Waals surface area contributed by atoms with Crippen LogP contribution in [0.1, 0.15) is 0 Å². The summed E-state index contributed by atoms with van der Waals surface area (Å²) in [5.74, 6) is 1.90. The van der Waals surface area contributed by atoms with Crippen molar-refractivity contribution in [3.05, 3.63) is 158 Å². The maximum Gasteiger partial charge on any atom is 0.164 e. The molecule has 0 aliphatic rings. The lowest BCUT2D eigenvalue weighted by molar-refractivity contribution is 0.666. The summed E-state index contributed by atoms with van der Waals surface area (Å²) in [6, 6.07) is 54.9. The fourth-order valence-electron chi connectivity index (χ4n) is 7.50. The molecule has 51 heavy (non-hydrogen) atoms. The standard InChI is InChI=1S/C45H26N4OS/c1-2-11-27(12-3-1)43-46-44(48-45(47-43)29-21-23-33-32-15-6-9-20-40(32)51-41(33)26-29)28-22-24-39-35(25-28)34-16-10-19-38(42(34)50-39)49-36-17-7-4-13-30(36)31-14-5-8-18-37(31)49/h1-26H. The second-order valence-corrected chi connectivity index (χ2v) is 13.9. The smallest absolute Gasteiger partial charge is 0.164 e. The molecule has 7 aromatic carbocycles. The van der Waals surface area contributed by atoms with Crippen molar-refractivity contribution in [1.29, 1.82) is 0 Å². The van der Waals surface area contributed by atoms with Crippen molar-refractivity contribution in [1.82, 2.24) is 19.5 Å². The van der Waals surface area contributed by atoms with Crippen LogP contribution in [0.3, 0.4) is 0 Å². The van der Waals surface area contributed by atoms with Gasteiger partial charge in [0.2, 0.25) is 0 Å². The fraction of sp³-hybridized carbons (Fsp3) is 0. The first-order valence-corrected chi connectivity index (χ1v) is 17.8. The van der Waals surface area contributed by atoms with Crippen molar-refractivity contribution in [3.63, 3.8) is 0 Å². The average Bonchev–Trinajstić information content (AvgIpc) is 3.87. The summed E-state index contributed by atoms with van der Waals surface area (Å²) in [5, 5.41) is 7.01. The van der Waals surface area contributed by atoms with Gasteiger partial charge in [-0.3, -0.25) is 0 Å². The molecule has 0 N–H and O–H groups in total. The zero-order valence-corrected chi connectivity index (χ0v) is 27.9. The molecule has 0 bridgehead atoms. The van der Waals surface area contributed by atoms with Crippen LogP contribution in [0.15, 0.2) is 162 Å². The first kappa shape index (κ1) is 28.2. The van der Waals surface area contributed by atoms with Gasteiger partial charge in [0.25, 0.3) is 0 Å². The number of fused-ring (bicyclic) bond motifs is 9. The Morgan fingerprint density at radius 3 is 1.76 bits per heavy atom. The van der Waals surface area contributed by atoms with Crippen LogP contribution in [0.25, 0.3) is 104 Å². The van der Waals surface area contributed by atoms with Gasteiger partial charge >= 0.3 is 0 Å². The van der Waals surface area contributed by atoms with E-state index in [1.807, 2.05) is 42.5 Å². The third-order valence-electron chi connectivity index (χ3n) is 9.86. The average molecular weight is 671 g/mol. The Hall–Kier alpha value is -6.63. The molecule has 0 fully saturated rings. The highest BCUT2D eigenvalue weighted by molar-refractivity contribution is 7.25. The summed E-state index contributed by atoms with van der Waals surface area (Å²) >= 11 is 1.79. The Kier molecular flexibility index (Phi) is 6.05. The molecule has 11 rings (SSSR count). The molecule has 238 valence electrons. The van der Waals surface area contributed by atoms with E-state index in [1.165, 1.54) is 30.9 Å². The summed E-state index contributed by atoms with van der Waals surface area (Å²) in [5.41, 5.74) is 7.75. The van der Waals surface area contributed by atoms with E-state index < -0.39 is 0 Å². The molecule has 0 amide bonds. The molecule has 0 aliphatic heterocycles. The van der Waals surface area contributed by atoms with Gasteiger partial charge in [-0.15, -0.1) is 11.3 Å². The maximum atomic E-state index is 6.68. The Morgan fingerprint density at radius 1 is 0.412 bits per heavy atom. The first-order chi connectivity index (χ1) is 25.3. The topological polar surface area (TPSA) is 56.7 Å². The van der Waals surface area contributed by atoms with Gasteiger partial charge in [0, 0.05) is 58.4 Å². The number of nitrogens with zero attached hydrogens (tertiary/aromatic N) is 4. The Labute approximate surface area is 295 Å². The van der Waals surface area contributed by atoms with E-state index in [-0.39, 0.29) is 0 Å². The molecule has 0 atom stereocenters. The van der Waals surface area contributed by atoms with E-state index in [1.54, 1.807) is 11.3 Å². The number of thiophene rings is 1. The minimum Gasteiger partial charge on any atom is -0.454 e. The Bertz CT molecular complexity index is 3100. The second-order valence-electron chi connectivity index (χ2n) is 12.8. The van der Waals surface area contributed by atoms with Gasteiger partial charge in [0.15, 0.2) is 23.1 Å². The SMILES string of the molecule is c1ccc(-c2nc(-c3ccc4c(c3)sc3ccccc34)nc(-c3ccc4oc5c(-n6c7ccccc7c7ccccc76)cccc5c4c3)n2)cc1. The van der Waals surface area contributed by atoms with Crippen LogP contribution in [-0.2, 0) is 0 Å². The highest BCUT2D eigenvalue weighted by atomic mass is 32.1. The summed E-state index contributed by atoms with van der Waals surface area (Å²) < 4.78 is 11.5. The first-order valence-electron chi connectivity index (χ1n) is 16.9. The molecule has 6 heteroatoms. The number of hydrogen-bond donors (Lipinski definition) is 0. The monoisotopic (exact) mass is 670 g/mol. The highest BCUT2D eigenvalue weighted by Crippen LogP contribution is 2.40. The molecule has 5 nitrogen and oxygen atoms in total. The van der Waals surface area contributed by atoms with Gasteiger partial charge in [0.05, 0.1) is 16.7 Å². The molecule has 0 saturated carbocycles. The minimum absolute atomic E-state index is 0.616. The molecule has 11 aromatic rings. The molecular weight excluding hydrogens is 645 g/mol. The van der Waals surface area contributed by atoms with Crippen molar-refractivity contribution in [2.75, 3.05) is 0 Å². The van der Waals surface area contributed by atoms with Crippen molar-refractivity contribution >= 4 is 75.3 Å². The summed E-state index contributed by atoms with van der Waals surface area (Å²) in [7, 11) is 0. The number of furan rings is 1. The third kappa shape index (κ3) is 4.37. The van der Waals surface area contributed by atoms with E-state index >= 15 is 0 Å². The van der Waals surface area contributed by atoms with Crippen LogP contribution >= 0.6 is 11.3 Å². The number of rotatable bonds is 4. The lowest BCUT2D eigenvalue weighted by atomic mass is 10.1. The van der Waals surface area contributed by atoms with Gasteiger partial charge in [-0.25, -0.2) is 15.0 Å². The molecule has 0 aliphatic carbocycles. The van der Waals surface area contributed by atoms with Crippen LogP contribution in [0, 0.1) is 0 Å². The van der Waals surface area contributed by atoms with Crippen molar-refractivity contribution in [2.45, 2.75) is 0 Å². The van der Waals surface area contributed by atoms with E-state index in [0.717, 1.165) is 55.3 Å². The van der Waals surface area contributed by atoms with Gasteiger partial charge in [-0.05, 0) is 48.5 Å². The van der Waals surface area contributed by atoms with Crippen LogP contribution in [0.5, 0.6) is 0 Å². The van der Waals surface area contributed by atoms with Gasteiger partial charge in [-0.2, -0.15) is 0 Å². The van der Waals surface area contributed by atoms with E-state index in [9.17, 15) is 0 Å². The van der Waals surface area contributed by atoms with E-state index in [4.69, 9.17) is 19.4 Å². The van der Waals surface area contributed by atoms with Crippen LogP contribution < -0.4 is 0 Å². The normalized spacial score (nSPS) is 11.9. The van der Waals surface area contributed by atoms with Gasteiger partial charge in [-0.1, -0.05) is 109 Å². The quantitative estimate of drug-likeness (QED) is 0.187. The van der Waals surface area contributed by atoms with Gasteiger partial charge < -0.3 is 8.98 Å². The Morgan fingerprint density at radius 2 is 1.00 bits per heavy atom. The fourth-order valence-corrected chi connectivity index (χ4v) is 8.64. The van der Waals surface area contributed by atoms with Crippen molar-refractivity contribution in [3.8, 4) is 39.9 Å². The van der Waals surface area contributed by atoms with Crippen LogP contribution in [0.4, 0.5) is 0 Å². The minimum atomic E-state index is 0.616. The number of hydrogen-bond acceptors (Lipinski definition) is 5. The van der Waals surface area contributed by atoms with Crippen molar-refractivity contribution < 1.29 is 4.42 Å². The molecular formula is C45H26N4OS. The predicted molar refractivity (Wildman–Crippen MR) is 211 cm³/mol. The largest absolute Gasteiger partial charge is 0.454 e. The summed E-state index contributed by atoms with van der Waals surface area (Å²) in [6.45, 7) is 0. The number of benzene rings is 7. The highest BCUT2D eigenvalue weighted by Gasteiger charge is 2.19. The predicted octanol–water partition coefficient (Wildman–Crippen LogP) is 12.2. The summed E-state index contributed by atoms with van der Waals surface area (Å²) in [4.78, 5) is 15.2. The molecule has 0 radical (unpaired) electrons. The lowest BCUT2D eigenvalue weighted by Crippen LogP contribution is -2.00. The molecule has 0 unspecified atom stereocenters. The lowest BCUT2D eigenvalue weighted by Gasteiger charge is -2.09. The number of aromatic nitrogens is 4. The van der Waals surface area contributed by atoms with E-state index in [0.29, 0.717) is 17.5 Å². The zero-order chi connectivity index (χ0) is 33.5. The summed E-state index contributed by atoms with van der Waals surface area (Å²) in [6.07, 6.45) is 0. The molecule has 4 aromatic heterocycles. The number of para-hydroxylation sites is 3. The zero-order valence-electron chi connectivity index (χ0n) is 27.1. The molecule has 0 spiro atoms. The maximum absolute atomic E-state index is 6.68. The second kappa shape index (κ2) is 10.9. The van der Waals surface area contributed by atoms with E-state index in [2.05, 4.69) is 120 Å². The molecule has 4 heterocycles.